The van der Waals surface area contributed by atoms with Crippen molar-refractivity contribution in [1.82, 2.24) is 0 Å². The number of aryl methyl sites for hydroxylation is 2. The van der Waals surface area contributed by atoms with Gasteiger partial charge in [0, 0.05) is 23.2 Å². The third kappa shape index (κ3) is 4.45. The number of ether oxygens (including phenoxy) is 1. The lowest BCUT2D eigenvalue weighted by molar-refractivity contribution is -0.132. The Labute approximate surface area is 202 Å². The minimum atomic E-state index is -0.897. The van der Waals surface area contributed by atoms with Gasteiger partial charge in [0.05, 0.1) is 11.6 Å². The Morgan fingerprint density at radius 1 is 0.971 bits per heavy atom. The van der Waals surface area contributed by atoms with Crippen LogP contribution in [-0.4, -0.2) is 22.8 Å². The molecule has 3 aromatic carbocycles. The fraction of sp³-hybridized carbons (Fsp3) is 0.148. The maximum Gasteiger partial charge on any atom is 0.308 e. The predicted octanol–water partition coefficient (Wildman–Crippen LogP) is 5.51. The van der Waals surface area contributed by atoms with Gasteiger partial charge in [-0.3, -0.25) is 19.3 Å². The van der Waals surface area contributed by atoms with Crippen molar-refractivity contribution in [2.24, 2.45) is 0 Å². The summed E-state index contributed by atoms with van der Waals surface area (Å²) in [5.74, 6) is -2.00. The van der Waals surface area contributed by atoms with Crippen molar-refractivity contribution in [3.05, 3.63) is 99.6 Å². The van der Waals surface area contributed by atoms with E-state index in [1.807, 2.05) is 32.0 Å². The number of benzene rings is 3. The van der Waals surface area contributed by atoms with Crippen LogP contribution in [0.3, 0.4) is 0 Å². The number of aliphatic hydroxyl groups is 1. The second-order valence-electron chi connectivity index (χ2n) is 8.19. The molecule has 1 fully saturated rings. The summed E-state index contributed by atoms with van der Waals surface area (Å²) >= 11 is 6.09. The molecule has 0 saturated carbocycles. The molecule has 1 heterocycles. The number of aliphatic hydroxyl groups excluding tert-OH is 1. The molecule has 1 atom stereocenters. The van der Waals surface area contributed by atoms with Gasteiger partial charge in [0.15, 0.2) is 0 Å². The van der Waals surface area contributed by atoms with E-state index in [0.29, 0.717) is 27.6 Å². The average molecular weight is 476 g/mol. The first-order valence-corrected chi connectivity index (χ1v) is 11.0. The highest BCUT2D eigenvalue weighted by Crippen LogP contribution is 2.43. The molecule has 34 heavy (non-hydrogen) atoms. The number of Topliss-reactive ketones (excluding diaryl/α,β-unsaturated/α-hetero) is 1. The van der Waals surface area contributed by atoms with Crippen LogP contribution in [0.25, 0.3) is 5.76 Å². The van der Waals surface area contributed by atoms with Gasteiger partial charge in [-0.2, -0.15) is 0 Å². The summed E-state index contributed by atoms with van der Waals surface area (Å²) in [6.45, 7) is 5.11. The Kier molecular flexibility index (Phi) is 6.26. The molecular weight excluding hydrogens is 454 g/mol. The summed E-state index contributed by atoms with van der Waals surface area (Å²) in [5.41, 5.74) is 3.24. The summed E-state index contributed by atoms with van der Waals surface area (Å²) in [6.07, 6.45) is 0. The minimum absolute atomic E-state index is 0.0494. The van der Waals surface area contributed by atoms with Gasteiger partial charge in [-0.05, 0) is 66.9 Å². The van der Waals surface area contributed by atoms with Crippen LogP contribution in [0.2, 0.25) is 5.02 Å². The molecular formula is C27H22ClNO5. The summed E-state index contributed by atoms with van der Waals surface area (Å²) in [6, 6.07) is 17.6. The number of hydrogen-bond donors (Lipinski definition) is 1. The van der Waals surface area contributed by atoms with Gasteiger partial charge in [0.25, 0.3) is 11.7 Å². The van der Waals surface area contributed by atoms with E-state index in [1.54, 1.807) is 42.5 Å². The molecule has 1 N–H and O–H groups in total. The Balaban J connectivity index is 1.93. The number of halogens is 1. The zero-order valence-electron chi connectivity index (χ0n) is 18.8. The molecule has 1 saturated heterocycles. The first-order chi connectivity index (χ1) is 16.2. The molecule has 7 heteroatoms. The highest BCUT2D eigenvalue weighted by molar-refractivity contribution is 6.51. The van der Waals surface area contributed by atoms with Gasteiger partial charge >= 0.3 is 5.97 Å². The zero-order valence-corrected chi connectivity index (χ0v) is 19.6. The maximum absolute atomic E-state index is 13.3. The molecule has 172 valence electrons. The van der Waals surface area contributed by atoms with Crippen LogP contribution in [-0.2, 0) is 14.4 Å². The molecule has 1 aliphatic rings. The van der Waals surface area contributed by atoms with E-state index in [2.05, 4.69) is 0 Å². The van der Waals surface area contributed by atoms with Crippen LogP contribution in [0, 0.1) is 13.8 Å². The third-order valence-corrected chi connectivity index (χ3v) is 5.72. The highest BCUT2D eigenvalue weighted by Gasteiger charge is 2.47. The van der Waals surface area contributed by atoms with Gasteiger partial charge in [-0.15, -0.1) is 0 Å². The Hall–Kier alpha value is -3.90. The van der Waals surface area contributed by atoms with Crippen molar-refractivity contribution in [3.8, 4) is 5.75 Å². The Morgan fingerprint density at radius 2 is 1.62 bits per heavy atom. The summed E-state index contributed by atoms with van der Waals surface area (Å²) in [5, 5.41) is 11.5. The van der Waals surface area contributed by atoms with Crippen molar-refractivity contribution in [2.45, 2.75) is 26.8 Å². The molecule has 0 bridgehead atoms. The Bertz CT molecular complexity index is 1320. The second kappa shape index (κ2) is 9.15. The molecule has 1 aliphatic heterocycles. The lowest BCUT2D eigenvalue weighted by Crippen LogP contribution is -2.29. The third-order valence-electron chi connectivity index (χ3n) is 5.48. The van der Waals surface area contributed by atoms with Gasteiger partial charge in [0.1, 0.15) is 11.5 Å². The van der Waals surface area contributed by atoms with E-state index >= 15 is 0 Å². The number of nitrogens with zero attached hydrogens (tertiary/aromatic N) is 1. The molecule has 0 aromatic heterocycles. The van der Waals surface area contributed by atoms with Gasteiger partial charge in [0.2, 0.25) is 0 Å². The fourth-order valence-electron chi connectivity index (χ4n) is 4.18. The summed E-state index contributed by atoms with van der Waals surface area (Å²) in [7, 11) is 0. The van der Waals surface area contributed by atoms with Crippen LogP contribution in [0.5, 0.6) is 5.75 Å². The monoisotopic (exact) mass is 475 g/mol. The lowest BCUT2D eigenvalue weighted by Gasteiger charge is -2.26. The van der Waals surface area contributed by atoms with Crippen molar-refractivity contribution >= 4 is 40.7 Å². The van der Waals surface area contributed by atoms with Crippen LogP contribution in [0.15, 0.2) is 72.3 Å². The van der Waals surface area contributed by atoms with Crippen molar-refractivity contribution < 1.29 is 24.2 Å². The van der Waals surface area contributed by atoms with Gasteiger partial charge in [-0.25, -0.2) is 0 Å². The van der Waals surface area contributed by atoms with Gasteiger partial charge in [-0.1, -0.05) is 41.9 Å². The molecule has 6 nitrogen and oxygen atoms in total. The van der Waals surface area contributed by atoms with E-state index in [0.717, 1.165) is 11.1 Å². The Morgan fingerprint density at radius 3 is 2.21 bits per heavy atom. The van der Waals surface area contributed by atoms with Crippen LogP contribution >= 0.6 is 11.6 Å². The summed E-state index contributed by atoms with van der Waals surface area (Å²) < 4.78 is 5.11. The molecule has 1 unspecified atom stereocenters. The second-order valence-corrected chi connectivity index (χ2v) is 8.62. The van der Waals surface area contributed by atoms with E-state index in [1.165, 1.54) is 17.9 Å². The quantitative estimate of drug-likeness (QED) is 0.177. The topological polar surface area (TPSA) is 83.9 Å². The number of amides is 1. The van der Waals surface area contributed by atoms with Crippen molar-refractivity contribution in [1.29, 1.82) is 0 Å². The van der Waals surface area contributed by atoms with Gasteiger partial charge < -0.3 is 9.84 Å². The number of ketones is 1. The number of esters is 1. The average Bonchev–Trinajstić information content (AvgIpc) is 3.03. The van der Waals surface area contributed by atoms with Crippen LogP contribution in [0.4, 0.5) is 5.69 Å². The minimum Gasteiger partial charge on any atom is -0.507 e. The number of hydrogen-bond acceptors (Lipinski definition) is 5. The van der Waals surface area contributed by atoms with Crippen molar-refractivity contribution in [2.75, 3.05) is 4.90 Å². The summed E-state index contributed by atoms with van der Waals surface area (Å²) in [4.78, 5) is 39.2. The molecule has 0 aliphatic carbocycles. The standard InChI is InChI=1S/C27H22ClNO5/c1-15-11-16(2)13-21(12-15)29-24(18-7-9-22(10-8-18)34-17(3)30)23(26(32)27(29)33)25(31)19-5-4-6-20(28)14-19/h4-14,24,31H,1-3H3/b25-23+. The first-order valence-electron chi connectivity index (χ1n) is 10.6. The number of carbonyl (C=O) groups excluding carboxylic acids is 3. The molecule has 3 aromatic rings. The highest BCUT2D eigenvalue weighted by atomic mass is 35.5. The number of carbonyl (C=O) groups is 3. The lowest BCUT2D eigenvalue weighted by atomic mass is 9.95. The number of rotatable bonds is 4. The van der Waals surface area contributed by atoms with E-state index < -0.39 is 23.7 Å². The first kappa shape index (κ1) is 23.3. The van der Waals surface area contributed by atoms with Crippen molar-refractivity contribution in [3.63, 3.8) is 0 Å². The molecule has 0 spiro atoms. The maximum atomic E-state index is 13.3. The zero-order chi connectivity index (χ0) is 24.6. The predicted molar refractivity (Wildman–Crippen MR) is 130 cm³/mol. The largest absolute Gasteiger partial charge is 0.507 e. The molecule has 4 rings (SSSR count). The smallest absolute Gasteiger partial charge is 0.308 e. The van der Waals surface area contributed by atoms with Crippen LogP contribution in [0.1, 0.15) is 35.2 Å². The normalized spacial score (nSPS) is 17.2. The number of anilines is 1. The fourth-order valence-corrected chi connectivity index (χ4v) is 4.37. The molecule has 1 amide bonds. The van der Waals surface area contributed by atoms with E-state index in [-0.39, 0.29) is 11.3 Å². The van der Waals surface area contributed by atoms with Crippen LogP contribution < -0.4 is 9.64 Å². The molecule has 0 radical (unpaired) electrons. The van der Waals surface area contributed by atoms with E-state index in [4.69, 9.17) is 16.3 Å². The van der Waals surface area contributed by atoms with E-state index in [9.17, 15) is 19.5 Å². The SMILES string of the molecule is CC(=O)Oc1ccc(C2/C(=C(\O)c3cccc(Cl)c3)C(=O)C(=O)N2c2cc(C)cc(C)c2)cc1.